The molecule has 1 heterocycles. The van der Waals surface area contributed by atoms with Gasteiger partial charge in [-0.25, -0.2) is 12.4 Å². The van der Waals surface area contributed by atoms with Crippen LogP contribution in [0.15, 0.2) is 53.4 Å². The highest BCUT2D eigenvalue weighted by atomic mass is 35.5. The van der Waals surface area contributed by atoms with E-state index in [9.17, 15) is 8.42 Å². The molecule has 23 heavy (non-hydrogen) atoms. The van der Waals surface area contributed by atoms with Crippen LogP contribution in [0.5, 0.6) is 0 Å². The molecule has 3 rings (SSSR count). The number of methoxy groups -OCH3 is 1. The van der Waals surface area contributed by atoms with Gasteiger partial charge in [-0.2, -0.15) is 0 Å². The summed E-state index contributed by atoms with van der Waals surface area (Å²) >= 11 is 6.39. The summed E-state index contributed by atoms with van der Waals surface area (Å²) in [5.74, 6) is 0. The number of hydrogen-bond donors (Lipinski definition) is 0. The molecule has 4 nitrogen and oxygen atoms in total. The molecule has 0 atom stereocenters. The van der Waals surface area contributed by atoms with Crippen molar-refractivity contribution in [3.63, 3.8) is 0 Å². The minimum absolute atomic E-state index is 0.110. The molecule has 0 bridgehead atoms. The number of rotatable bonds is 4. The average Bonchev–Trinajstić information content (AvgIpc) is 2.82. The second-order valence-corrected chi connectivity index (χ2v) is 7.46. The van der Waals surface area contributed by atoms with Gasteiger partial charge in [-0.15, -0.1) is 0 Å². The van der Waals surface area contributed by atoms with E-state index in [4.69, 9.17) is 16.3 Å². The summed E-state index contributed by atoms with van der Waals surface area (Å²) in [6.45, 7) is 2.02. The lowest BCUT2D eigenvalue weighted by molar-refractivity contribution is 0.181. The van der Waals surface area contributed by atoms with E-state index in [2.05, 4.69) is 0 Å². The summed E-state index contributed by atoms with van der Waals surface area (Å²) in [6, 6.07) is 13.9. The van der Waals surface area contributed by atoms with E-state index in [0.29, 0.717) is 21.6 Å². The Bertz CT molecular complexity index is 959. The predicted molar refractivity (Wildman–Crippen MR) is 91.4 cm³/mol. The Morgan fingerprint density at radius 3 is 2.39 bits per heavy atom. The van der Waals surface area contributed by atoms with Gasteiger partial charge in [0.25, 0.3) is 10.0 Å². The number of hydrogen-bond acceptors (Lipinski definition) is 3. The molecule has 0 spiro atoms. The Hall–Kier alpha value is -1.82. The fourth-order valence-electron chi connectivity index (χ4n) is 2.58. The summed E-state index contributed by atoms with van der Waals surface area (Å²) in [4.78, 5) is 0.220. The third-order valence-corrected chi connectivity index (χ3v) is 5.89. The first-order chi connectivity index (χ1) is 11.0. The summed E-state index contributed by atoms with van der Waals surface area (Å²) in [5.41, 5.74) is 1.97. The molecule has 2 aromatic carbocycles. The second-order valence-electron chi connectivity index (χ2n) is 5.29. The number of halogens is 1. The molecule has 0 aliphatic heterocycles. The van der Waals surface area contributed by atoms with Crippen LogP contribution in [0.1, 0.15) is 11.3 Å². The summed E-state index contributed by atoms with van der Waals surface area (Å²) in [5, 5.41) is 1.09. The highest BCUT2D eigenvalue weighted by molar-refractivity contribution is 7.90. The average molecular weight is 350 g/mol. The maximum Gasteiger partial charge on any atom is 0.268 e. The Morgan fingerprint density at radius 1 is 1.09 bits per heavy atom. The van der Waals surface area contributed by atoms with Gasteiger partial charge in [-0.1, -0.05) is 47.5 Å². The molecule has 120 valence electrons. The number of aromatic nitrogens is 1. The number of para-hydroxylation sites is 1. The lowest BCUT2D eigenvalue weighted by atomic mass is 10.2. The normalized spacial score (nSPS) is 12.0. The zero-order valence-corrected chi connectivity index (χ0v) is 14.4. The van der Waals surface area contributed by atoms with Crippen LogP contribution in [0.4, 0.5) is 0 Å². The first-order valence-electron chi connectivity index (χ1n) is 7.06. The maximum atomic E-state index is 13.1. The Labute approximate surface area is 140 Å². The maximum absolute atomic E-state index is 13.1. The zero-order valence-electron chi connectivity index (χ0n) is 12.8. The first-order valence-corrected chi connectivity index (χ1v) is 8.87. The Kier molecular flexibility index (Phi) is 4.19. The van der Waals surface area contributed by atoms with Crippen LogP contribution in [0, 0.1) is 6.92 Å². The van der Waals surface area contributed by atoms with Crippen LogP contribution >= 0.6 is 11.6 Å². The molecule has 0 radical (unpaired) electrons. The molecule has 1 aromatic heterocycles. The van der Waals surface area contributed by atoms with Crippen molar-refractivity contribution in [2.45, 2.75) is 18.4 Å². The first kappa shape index (κ1) is 16.1. The minimum atomic E-state index is -3.76. The van der Waals surface area contributed by atoms with Crippen LogP contribution in [-0.4, -0.2) is 19.5 Å². The van der Waals surface area contributed by atoms with E-state index in [0.717, 1.165) is 5.56 Å². The van der Waals surface area contributed by atoms with Crippen molar-refractivity contribution in [1.82, 2.24) is 3.97 Å². The van der Waals surface area contributed by atoms with E-state index < -0.39 is 10.0 Å². The lowest BCUT2D eigenvalue weighted by Crippen LogP contribution is -2.16. The van der Waals surface area contributed by atoms with Crippen molar-refractivity contribution in [1.29, 1.82) is 0 Å². The highest BCUT2D eigenvalue weighted by Crippen LogP contribution is 2.34. The van der Waals surface area contributed by atoms with E-state index >= 15 is 0 Å². The summed E-state index contributed by atoms with van der Waals surface area (Å²) in [7, 11) is -2.25. The van der Waals surface area contributed by atoms with Gasteiger partial charge in [0.05, 0.1) is 27.7 Å². The predicted octanol–water partition coefficient (Wildman–Crippen LogP) is 3.99. The van der Waals surface area contributed by atoms with Crippen molar-refractivity contribution in [2.75, 3.05) is 7.11 Å². The van der Waals surface area contributed by atoms with E-state index in [1.165, 1.54) is 11.1 Å². The van der Waals surface area contributed by atoms with Crippen molar-refractivity contribution in [3.05, 3.63) is 64.8 Å². The smallest absolute Gasteiger partial charge is 0.268 e. The van der Waals surface area contributed by atoms with Crippen molar-refractivity contribution >= 4 is 32.5 Å². The number of nitrogens with zero attached hydrogens (tertiary/aromatic N) is 1. The monoisotopic (exact) mass is 349 g/mol. The quantitative estimate of drug-likeness (QED) is 0.715. The molecule has 0 aliphatic rings. The number of benzene rings is 2. The zero-order chi connectivity index (χ0) is 16.6. The topological polar surface area (TPSA) is 48.3 Å². The van der Waals surface area contributed by atoms with Crippen molar-refractivity contribution < 1.29 is 13.2 Å². The fraction of sp³-hybridized carbons (Fsp3) is 0.176. The van der Waals surface area contributed by atoms with Gasteiger partial charge in [0, 0.05) is 12.5 Å². The fourth-order valence-corrected chi connectivity index (χ4v) is 4.47. The van der Waals surface area contributed by atoms with Crippen molar-refractivity contribution in [3.8, 4) is 0 Å². The molecule has 0 fully saturated rings. The molecule has 0 amide bonds. The van der Waals surface area contributed by atoms with Gasteiger partial charge in [0.1, 0.15) is 0 Å². The van der Waals surface area contributed by atoms with Gasteiger partial charge in [0.15, 0.2) is 0 Å². The molecule has 3 aromatic rings. The molecular weight excluding hydrogens is 334 g/mol. The Morgan fingerprint density at radius 2 is 1.74 bits per heavy atom. The lowest BCUT2D eigenvalue weighted by Gasteiger charge is -2.12. The van der Waals surface area contributed by atoms with E-state index in [-0.39, 0.29) is 11.5 Å². The summed E-state index contributed by atoms with van der Waals surface area (Å²) in [6.07, 6.45) is 0. The third-order valence-electron chi connectivity index (χ3n) is 3.70. The van der Waals surface area contributed by atoms with E-state index in [1.807, 2.05) is 13.0 Å². The third kappa shape index (κ3) is 2.65. The molecular formula is C17H16ClNO3S. The molecule has 0 N–H and O–H groups in total. The van der Waals surface area contributed by atoms with Crippen LogP contribution in [0.2, 0.25) is 5.02 Å². The second kappa shape index (κ2) is 6.00. The largest absolute Gasteiger partial charge is 0.378 e. The van der Waals surface area contributed by atoms with Gasteiger partial charge < -0.3 is 4.74 Å². The van der Waals surface area contributed by atoms with Crippen LogP contribution < -0.4 is 0 Å². The molecule has 0 saturated carbocycles. The summed E-state index contributed by atoms with van der Waals surface area (Å²) < 4.78 is 32.7. The highest BCUT2D eigenvalue weighted by Gasteiger charge is 2.26. The van der Waals surface area contributed by atoms with E-state index in [1.54, 1.807) is 42.5 Å². The molecule has 0 unspecified atom stereocenters. The number of fused-ring (bicyclic) bond motifs is 1. The molecule has 6 heteroatoms. The molecule has 0 saturated heterocycles. The Balaban J connectivity index is 2.34. The number of ether oxygens (including phenoxy) is 1. The number of aryl methyl sites for hydroxylation is 1. The van der Waals surface area contributed by atoms with Crippen molar-refractivity contribution in [2.24, 2.45) is 0 Å². The van der Waals surface area contributed by atoms with Gasteiger partial charge in [-0.3, -0.25) is 0 Å². The van der Waals surface area contributed by atoms with Gasteiger partial charge in [-0.05, 0) is 25.1 Å². The van der Waals surface area contributed by atoms with Crippen LogP contribution in [0.3, 0.4) is 0 Å². The van der Waals surface area contributed by atoms with Crippen LogP contribution in [-0.2, 0) is 21.4 Å². The standard InChI is InChI=1S/C17H16ClNO3S/c1-12-7-9-13(10-8-12)23(20,21)19-15-6-4-3-5-14(15)17(18)16(19)11-22-2/h3-10H,11H2,1-2H3. The van der Waals surface area contributed by atoms with Gasteiger partial charge >= 0.3 is 0 Å². The van der Waals surface area contributed by atoms with Gasteiger partial charge in [0.2, 0.25) is 0 Å². The SMILES string of the molecule is COCc1c(Cl)c2ccccc2n1S(=O)(=O)c1ccc(C)cc1. The minimum Gasteiger partial charge on any atom is -0.378 e. The van der Waals surface area contributed by atoms with Crippen LogP contribution in [0.25, 0.3) is 10.9 Å². The molecule has 0 aliphatic carbocycles.